The van der Waals surface area contributed by atoms with E-state index in [1.54, 1.807) is 11.0 Å². The number of anilines is 2. The van der Waals surface area contributed by atoms with Crippen molar-refractivity contribution in [3.8, 4) is 0 Å². The highest BCUT2D eigenvalue weighted by Crippen LogP contribution is 2.34. The zero-order valence-electron chi connectivity index (χ0n) is 16.6. The quantitative estimate of drug-likeness (QED) is 0.747. The van der Waals surface area contributed by atoms with Crippen molar-refractivity contribution in [2.75, 3.05) is 36.8 Å². The van der Waals surface area contributed by atoms with Crippen molar-refractivity contribution in [1.82, 2.24) is 14.7 Å². The Bertz CT molecular complexity index is 937. The predicted octanol–water partition coefficient (Wildman–Crippen LogP) is 2.56. The molecule has 2 aromatic rings. The molecule has 0 spiro atoms. The highest BCUT2D eigenvalue weighted by Gasteiger charge is 2.33. The third kappa shape index (κ3) is 5.31. The maximum atomic E-state index is 13.1. The maximum Gasteiger partial charge on any atom is 0.418 e. The van der Waals surface area contributed by atoms with Gasteiger partial charge in [0.25, 0.3) is 5.56 Å². The summed E-state index contributed by atoms with van der Waals surface area (Å²) >= 11 is 0. The van der Waals surface area contributed by atoms with Gasteiger partial charge in [-0.3, -0.25) is 9.59 Å². The van der Waals surface area contributed by atoms with Crippen LogP contribution in [0.25, 0.3) is 0 Å². The first kappa shape index (κ1) is 21.7. The lowest BCUT2D eigenvalue weighted by Crippen LogP contribution is -2.42. The standard InChI is InChI=1S/C20H24F3N5O2/c1-27-19(30)17(6-9-26-27)25-13-18(29)28-10-7-14(8-11-28)12-24-16-5-3-2-4-15(16)20(21,22)23/h2-6,9,14,24-25H,7-8,10-13H2,1H3. The van der Waals surface area contributed by atoms with E-state index in [0.29, 0.717) is 38.2 Å². The molecule has 1 aliphatic heterocycles. The van der Waals surface area contributed by atoms with Crippen molar-refractivity contribution in [2.24, 2.45) is 13.0 Å². The van der Waals surface area contributed by atoms with Gasteiger partial charge in [0.15, 0.2) is 0 Å². The molecule has 0 atom stereocenters. The molecule has 2 heterocycles. The topological polar surface area (TPSA) is 79.3 Å². The number of amides is 1. The van der Waals surface area contributed by atoms with Crippen LogP contribution in [0.5, 0.6) is 0 Å². The molecule has 1 fully saturated rings. The van der Waals surface area contributed by atoms with Gasteiger partial charge in [-0.15, -0.1) is 0 Å². The van der Waals surface area contributed by atoms with E-state index in [-0.39, 0.29) is 29.6 Å². The summed E-state index contributed by atoms with van der Waals surface area (Å²) in [5, 5.41) is 9.58. The Morgan fingerprint density at radius 1 is 1.13 bits per heavy atom. The summed E-state index contributed by atoms with van der Waals surface area (Å²) in [6.45, 7) is 1.48. The molecule has 0 saturated carbocycles. The van der Waals surface area contributed by atoms with Crippen LogP contribution in [0.4, 0.5) is 24.5 Å². The van der Waals surface area contributed by atoms with Crippen molar-refractivity contribution in [3.05, 3.63) is 52.4 Å². The second kappa shape index (κ2) is 9.19. The molecule has 2 N–H and O–H groups in total. The number of hydrogen-bond donors (Lipinski definition) is 2. The second-order valence-electron chi connectivity index (χ2n) is 7.28. The van der Waals surface area contributed by atoms with E-state index in [4.69, 9.17) is 0 Å². The lowest BCUT2D eigenvalue weighted by Gasteiger charge is -2.32. The minimum atomic E-state index is -4.40. The summed E-state index contributed by atoms with van der Waals surface area (Å²) in [7, 11) is 1.53. The van der Waals surface area contributed by atoms with Crippen molar-refractivity contribution in [1.29, 1.82) is 0 Å². The number of benzene rings is 1. The molecule has 7 nitrogen and oxygen atoms in total. The van der Waals surface area contributed by atoms with Crippen LogP contribution in [0.1, 0.15) is 18.4 Å². The Hall–Kier alpha value is -3.04. The molecule has 1 aromatic heterocycles. The van der Waals surface area contributed by atoms with Gasteiger partial charge in [-0.2, -0.15) is 18.3 Å². The van der Waals surface area contributed by atoms with E-state index in [0.717, 1.165) is 6.07 Å². The molecule has 10 heteroatoms. The Kier molecular flexibility index (Phi) is 6.63. The van der Waals surface area contributed by atoms with Crippen LogP contribution in [-0.4, -0.2) is 46.8 Å². The first-order valence-electron chi connectivity index (χ1n) is 9.70. The molecule has 0 bridgehead atoms. The number of alkyl halides is 3. The highest BCUT2D eigenvalue weighted by atomic mass is 19.4. The molecule has 30 heavy (non-hydrogen) atoms. The lowest BCUT2D eigenvalue weighted by molar-refractivity contribution is -0.137. The van der Waals surface area contributed by atoms with Gasteiger partial charge in [0.1, 0.15) is 5.69 Å². The molecular weight excluding hydrogens is 399 g/mol. The van der Waals surface area contributed by atoms with Gasteiger partial charge in [0.05, 0.1) is 12.1 Å². The largest absolute Gasteiger partial charge is 0.418 e. The smallest absolute Gasteiger partial charge is 0.384 e. The van der Waals surface area contributed by atoms with Crippen molar-refractivity contribution in [2.45, 2.75) is 19.0 Å². The number of piperidine rings is 1. The number of carbonyl (C=O) groups is 1. The first-order chi connectivity index (χ1) is 14.3. The van der Waals surface area contributed by atoms with Crippen LogP contribution in [0.2, 0.25) is 0 Å². The molecular formula is C20H24F3N5O2. The molecule has 3 rings (SSSR count). The number of hydrogen-bond acceptors (Lipinski definition) is 5. The van der Waals surface area contributed by atoms with E-state index >= 15 is 0 Å². The molecule has 162 valence electrons. The fourth-order valence-electron chi connectivity index (χ4n) is 3.45. The van der Waals surface area contributed by atoms with E-state index in [2.05, 4.69) is 15.7 Å². The number of halogens is 3. The number of likely N-dealkylation sites (tertiary alicyclic amines) is 1. The van der Waals surface area contributed by atoms with Gasteiger partial charge in [-0.05, 0) is 37.0 Å². The molecule has 0 radical (unpaired) electrons. The Balaban J connectivity index is 1.46. The Morgan fingerprint density at radius 2 is 1.83 bits per heavy atom. The van der Waals surface area contributed by atoms with Gasteiger partial charge in [0, 0.05) is 38.6 Å². The molecule has 1 aromatic carbocycles. The monoisotopic (exact) mass is 423 g/mol. The summed E-state index contributed by atoms with van der Waals surface area (Å²) < 4.78 is 40.4. The van der Waals surface area contributed by atoms with Crippen LogP contribution in [0, 0.1) is 5.92 Å². The summed E-state index contributed by atoms with van der Waals surface area (Å²) in [5.74, 6) is 0.0542. The second-order valence-corrected chi connectivity index (χ2v) is 7.28. The highest BCUT2D eigenvalue weighted by molar-refractivity contribution is 5.80. The summed E-state index contributed by atoms with van der Waals surface area (Å²) in [4.78, 5) is 26.0. The lowest BCUT2D eigenvalue weighted by atomic mass is 9.96. The fraction of sp³-hybridized carbons (Fsp3) is 0.450. The summed E-state index contributed by atoms with van der Waals surface area (Å²) in [6, 6.07) is 6.95. The van der Waals surface area contributed by atoms with Crippen molar-refractivity contribution >= 4 is 17.3 Å². The third-order valence-corrected chi connectivity index (χ3v) is 5.22. The van der Waals surface area contributed by atoms with E-state index in [9.17, 15) is 22.8 Å². The number of aromatic nitrogens is 2. The third-order valence-electron chi connectivity index (χ3n) is 5.22. The summed E-state index contributed by atoms with van der Waals surface area (Å²) in [6.07, 6.45) is -1.53. The van der Waals surface area contributed by atoms with E-state index < -0.39 is 11.7 Å². The average Bonchev–Trinajstić information content (AvgIpc) is 2.73. The normalized spacial score (nSPS) is 15.1. The van der Waals surface area contributed by atoms with Crippen LogP contribution < -0.4 is 16.2 Å². The maximum absolute atomic E-state index is 13.1. The van der Waals surface area contributed by atoms with Gasteiger partial charge < -0.3 is 15.5 Å². The van der Waals surface area contributed by atoms with Gasteiger partial charge in [-0.25, -0.2) is 4.68 Å². The van der Waals surface area contributed by atoms with Gasteiger partial charge in [-0.1, -0.05) is 12.1 Å². The molecule has 1 aliphatic rings. The SMILES string of the molecule is Cn1nccc(NCC(=O)N2CCC(CNc3ccccc3C(F)(F)F)CC2)c1=O. The van der Waals surface area contributed by atoms with Crippen molar-refractivity contribution in [3.63, 3.8) is 0 Å². The van der Waals surface area contributed by atoms with Crippen LogP contribution in [-0.2, 0) is 18.0 Å². The molecule has 0 unspecified atom stereocenters. The zero-order chi connectivity index (χ0) is 21.7. The molecule has 0 aliphatic carbocycles. The average molecular weight is 423 g/mol. The van der Waals surface area contributed by atoms with Crippen LogP contribution >= 0.6 is 0 Å². The van der Waals surface area contributed by atoms with Crippen LogP contribution in [0.15, 0.2) is 41.3 Å². The summed E-state index contributed by atoms with van der Waals surface area (Å²) in [5.41, 5.74) is -0.602. The van der Waals surface area contributed by atoms with E-state index in [1.165, 1.54) is 36.1 Å². The van der Waals surface area contributed by atoms with E-state index in [1.807, 2.05) is 0 Å². The zero-order valence-corrected chi connectivity index (χ0v) is 16.6. The molecule has 1 amide bonds. The van der Waals surface area contributed by atoms with Crippen molar-refractivity contribution < 1.29 is 18.0 Å². The molecule has 1 saturated heterocycles. The fourth-order valence-corrected chi connectivity index (χ4v) is 3.45. The van der Waals surface area contributed by atoms with Gasteiger partial charge in [0.2, 0.25) is 5.91 Å². The number of nitrogens with zero attached hydrogens (tertiary/aromatic N) is 3. The number of nitrogens with one attached hydrogen (secondary N) is 2. The number of para-hydroxylation sites is 1. The minimum Gasteiger partial charge on any atom is -0.384 e. The number of aryl methyl sites for hydroxylation is 1. The minimum absolute atomic E-state index is 0.00112. The van der Waals surface area contributed by atoms with Gasteiger partial charge >= 0.3 is 6.18 Å². The van der Waals surface area contributed by atoms with Crippen LogP contribution in [0.3, 0.4) is 0 Å². The predicted molar refractivity (Wildman–Crippen MR) is 107 cm³/mol. The Morgan fingerprint density at radius 3 is 2.53 bits per heavy atom. The first-order valence-corrected chi connectivity index (χ1v) is 9.70. The Labute approximate surface area is 171 Å². The number of carbonyl (C=O) groups excluding carboxylic acids is 1. The number of rotatable bonds is 6.